The molecule has 0 saturated heterocycles. The molecule has 160 valence electrons. The summed E-state index contributed by atoms with van der Waals surface area (Å²) in [5, 5.41) is 5.46. The van der Waals surface area contributed by atoms with Gasteiger partial charge < -0.3 is 19.8 Å². The van der Waals surface area contributed by atoms with Gasteiger partial charge in [-0.2, -0.15) is 0 Å². The quantitative estimate of drug-likeness (QED) is 0.379. The summed E-state index contributed by atoms with van der Waals surface area (Å²) in [6, 6.07) is 16.8. The van der Waals surface area contributed by atoms with Crippen molar-refractivity contribution in [1.29, 1.82) is 0 Å². The van der Waals surface area contributed by atoms with Gasteiger partial charge in [-0.3, -0.25) is 14.6 Å². The van der Waals surface area contributed by atoms with Crippen molar-refractivity contribution in [1.82, 2.24) is 9.97 Å². The topological polar surface area (TPSA) is 106 Å². The van der Waals surface area contributed by atoms with Crippen LogP contribution in [0.4, 0.5) is 11.5 Å². The third kappa shape index (κ3) is 5.38. The SMILES string of the molecule is O=C(Nc1ncccc1OCc1ccncc1)c1cccc(NC(=O)c2ccc(Br)o2)c1. The number of nitrogens with zero attached hydrogens (tertiary/aromatic N) is 2. The maximum absolute atomic E-state index is 12.8. The van der Waals surface area contributed by atoms with Crippen molar-refractivity contribution < 1.29 is 18.7 Å². The van der Waals surface area contributed by atoms with E-state index in [1.54, 1.807) is 67.1 Å². The number of furan rings is 1. The number of ether oxygens (including phenoxy) is 1. The van der Waals surface area contributed by atoms with Crippen molar-refractivity contribution in [3.05, 3.63) is 101 Å². The first-order valence-electron chi connectivity index (χ1n) is 9.53. The first-order valence-corrected chi connectivity index (χ1v) is 10.3. The zero-order valence-corrected chi connectivity index (χ0v) is 18.2. The number of carbonyl (C=O) groups excluding carboxylic acids is 2. The number of hydrogen-bond acceptors (Lipinski definition) is 6. The number of anilines is 2. The Morgan fingerprint density at radius 3 is 2.56 bits per heavy atom. The highest BCUT2D eigenvalue weighted by molar-refractivity contribution is 9.10. The van der Waals surface area contributed by atoms with Crippen LogP contribution in [0, 0.1) is 0 Å². The average Bonchev–Trinajstić information content (AvgIpc) is 3.26. The van der Waals surface area contributed by atoms with Crippen LogP contribution < -0.4 is 15.4 Å². The Labute approximate surface area is 191 Å². The molecular weight excluding hydrogens is 476 g/mol. The minimum atomic E-state index is -0.426. The van der Waals surface area contributed by atoms with E-state index < -0.39 is 11.8 Å². The van der Waals surface area contributed by atoms with Crippen LogP contribution in [-0.2, 0) is 6.61 Å². The molecule has 4 aromatic rings. The molecule has 0 unspecified atom stereocenters. The molecule has 3 heterocycles. The van der Waals surface area contributed by atoms with Gasteiger partial charge in [0.05, 0.1) is 0 Å². The molecule has 0 fully saturated rings. The molecule has 0 aliphatic heterocycles. The van der Waals surface area contributed by atoms with Gasteiger partial charge in [-0.1, -0.05) is 6.07 Å². The summed E-state index contributed by atoms with van der Waals surface area (Å²) in [6.07, 6.45) is 4.93. The molecule has 0 aliphatic carbocycles. The van der Waals surface area contributed by atoms with E-state index in [2.05, 4.69) is 36.5 Å². The normalized spacial score (nSPS) is 10.4. The molecular formula is C23H17BrN4O4. The fraction of sp³-hybridized carbons (Fsp3) is 0.0435. The minimum Gasteiger partial charge on any atom is -0.485 e. The molecule has 0 spiro atoms. The lowest BCUT2D eigenvalue weighted by atomic mass is 10.2. The van der Waals surface area contributed by atoms with Crippen molar-refractivity contribution in [3.8, 4) is 5.75 Å². The van der Waals surface area contributed by atoms with Gasteiger partial charge in [0.25, 0.3) is 11.8 Å². The number of aromatic nitrogens is 2. The summed E-state index contributed by atoms with van der Waals surface area (Å²) >= 11 is 3.16. The van der Waals surface area contributed by atoms with E-state index in [4.69, 9.17) is 9.15 Å². The summed E-state index contributed by atoms with van der Waals surface area (Å²) in [7, 11) is 0. The molecule has 9 heteroatoms. The van der Waals surface area contributed by atoms with E-state index in [9.17, 15) is 9.59 Å². The van der Waals surface area contributed by atoms with Gasteiger partial charge in [0.2, 0.25) is 0 Å². The summed E-state index contributed by atoms with van der Waals surface area (Å²) in [4.78, 5) is 33.3. The highest BCUT2D eigenvalue weighted by Gasteiger charge is 2.14. The zero-order chi connectivity index (χ0) is 22.3. The predicted octanol–water partition coefficient (Wildman–Crippen LogP) is 4.92. The van der Waals surface area contributed by atoms with E-state index >= 15 is 0 Å². The maximum atomic E-state index is 12.8. The van der Waals surface area contributed by atoms with Crippen LogP contribution in [0.2, 0.25) is 0 Å². The van der Waals surface area contributed by atoms with Crippen molar-refractivity contribution in [3.63, 3.8) is 0 Å². The summed E-state index contributed by atoms with van der Waals surface area (Å²) in [5.41, 5.74) is 1.73. The predicted molar refractivity (Wildman–Crippen MR) is 122 cm³/mol. The first kappa shape index (κ1) is 21.3. The molecule has 4 rings (SSSR count). The Hall–Kier alpha value is -3.98. The lowest BCUT2D eigenvalue weighted by molar-refractivity contribution is 0.0992. The lowest BCUT2D eigenvalue weighted by Crippen LogP contribution is -2.15. The number of nitrogens with one attached hydrogen (secondary N) is 2. The molecule has 3 aromatic heterocycles. The third-order valence-corrected chi connectivity index (χ3v) is 4.75. The lowest BCUT2D eigenvalue weighted by Gasteiger charge is -2.12. The summed E-state index contributed by atoms with van der Waals surface area (Å²) < 4.78 is 11.5. The van der Waals surface area contributed by atoms with Crippen molar-refractivity contribution in [2.75, 3.05) is 10.6 Å². The van der Waals surface area contributed by atoms with Crippen LogP contribution >= 0.6 is 15.9 Å². The van der Waals surface area contributed by atoms with E-state index in [0.717, 1.165) is 5.56 Å². The highest BCUT2D eigenvalue weighted by atomic mass is 79.9. The highest BCUT2D eigenvalue weighted by Crippen LogP contribution is 2.23. The smallest absolute Gasteiger partial charge is 0.291 e. The van der Waals surface area contributed by atoms with Crippen LogP contribution in [0.25, 0.3) is 0 Å². The summed E-state index contributed by atoms with van der Waals surface area (Å²) in [6.45, 7) is 0.307. The minimum absolute atomic E-state index is 0.149. The van der Waals surface area contributed by atoms with Gasteiger partial charge in [-0.25, -0.2) is 4.98 Å². The molecule has 0 aliphatic rings. The average molecular weight is 493 g/mol. The number of carbonyl (C=O) groups is 2. The fourth-order valence-corrected chi connectivity index (χ4v) is 3.09. The van der Waals surface area contributed by atoms with Gasteiger partial charge in [-0.15, -0.1) is 0 Å². The number of hydrogen-bond donors (Lipinski definition) is 2. The molecule has 0 radical (unpaired) electrons. The van der Waals surface area contributed by atoms with Crippen LogP contribution in [-0.4, -0.2) is 21.8 Å². The Bertz CT molecular complexity index is 1240. The van der Waals surface area contributed by atoms with Crippen LogP contribution in [0.15, 0.2) is 88.3 Å². The third-order valence-electron chi connectivity index (χ3n) is 4.33. The Kier molecular flexibility index (Phi) is 6.57. The van der Waals surface area contributed by atoms with E-state index in [1.807, 2.05) is 12.1 Å². The second-order valence-corrected chi connectivity index (χ2v) is 7.37. The Morgan fingerprint density at radius 1 is 0.938 bits per heavy atom. The van der Waals surface area contributed by atoms with E-state index in [0.29, 0.717) is 34.1 Å². The van der Waals surface area contributed by atoms with Crippen molar-refractivity contribution in [2.24, 2.45) is 0 Å². The molecule has 2 amide bonds. The fourth-order valence-electron chi connectivity index (χ4n) is 2.79. The number of rotatable bonds is 7. The second kappa shape index (κ2) is 9.88. The van der Waals surface area contributed by atoms with Crippen molar-refractivity contribution >= 4 is 39.2 Å². The van der Waals surface area contributed by atoms with Gasteiger partial charge in [-0.05, 0) is 76.1 Å². The molecule has 32 heavy (non-hydrogen) atoms. The molecule has 0 atom stereocenters. The Balaban J connectivity index is 1.44. The van der Waals surface area contributed by atoms with Crippen LogP contribution in [0.3, 0.4) is 0 Å². The standard InChI is InChI=1S/C23H17BrN4O4/c24-20-7-6-19(32-20)23(30)27-17-4-1-3-16(13-17)22(29)28-21-18(5-2-10-26-21)31-14-15-8-11-25-12-9-15/h1-13H,14H2,(H,27,30)(H,26,28,29). The number of pyridine rings is 2. The van der Waals surface area contributed by atoms with E-state index in [-0.39, 0.29) is 5.76 Å². The van der Waals surface area contributed by atoms with Crippen LogP contribution in [0.5, 0.6) is 5.75 Å². The van der Waals surface area contributed by atoms with Gasteiger partial charge in [0, 0.05) is 29.8 Å². The Morgan fingerprint density at radius 2 is 1.78 bits per heavy atom. The first-order chi connectivity index (χ1) is 15.6. The largest absolute Gasteiger partial charge is 0.485 e. The number of amides is 2. The van der Waals surface area contributed by atoms with Gasteiger partial charge >= 0.3 is 0 Å². The molecule has 0 bridgehead atoms. The molecule has 8 nitrogen and oxygen atoms in total. The zero-order valence-electron chi connectivity index (χ0n) is 16.6. The molecule has 1 aromatic carbocycles. The number of benzene rings is 1. The van der Waals surface area contributed by atoms with Crippen LogP contribution in [0.1, 0.15) is 26.5 Å². The summed E-state index contributed by atoms with van der Waals surface area (Å²) in [5.74, 6) is 0.0576. The van der Waals surface area contributed by atoms with Gasteiger partial charge in [0.1, 0.15) is 6.61 Å². The molecule has 2 N–H and O–H groups in total. The van der Waals surface area contributed by atoms with Gasteiger partial charge in [0.15, 0.2) is 22.0 Å². The van der Waals surface area contributed by atoms with Crippen molar-refractivity contribution in [2.45, 2.75) is 6.61 Å². The monoisotopic (exact) mass is 492 g/mol. The van der Waals surface area contributed by atoms with E-state index in [1.165, 1.54) is 0 Å². The number of halogens is 1. The second-order valence-electron chi connectivity index (χ2n) is 6.59. The maximum Gasteiger partial charge on any atom is 0.291 e. The molecule has 0 saturated carbocycles.